The summed E-state index contributed by atoms with van der Waals surface area (Å²) >= 11 is 1.41. The third-order valence-corrected chi connectivity index (χ3v) is 7.07. The molecule has 0 aliphatic carbocycles. The zero-order chi connectivity index (χ0) is 24.6. The molecule has 0 radical (unpaired) electrons. The fraction of sp³-hybridized carbons (Fsp3) is 0.542. The first-order chi connectivity index (χ1) is 17.1. The lowest BCUT2D eigenvalue weighted by Gasteiger charge is -2.15. The van der Waals surface area contributed by atoms with E-state index in [0.717, 1.165) is 43.2 Å². The van der Waals surface area contributed by atoms with Crippen molar-refractivity contribution in [3.8, 4) is 0 Å². The van der Waals surface area contributed by atoms with Crippen molar-refractivity contribution in [3.63, 3.8) is 0 Å². The summed E-state index contributed by atoms with van der Waals surface area (Å²) in [6.07, 6.45) is 2.28. The maximum absolute atomic E-state index is 13.0. The minimum atomic E-state index is -0.508. The predicted molar refractivity (Wildman–Crippen MR) is 133 cm³/mol. The monoisotopic (exact) mass is 505 g/mol. The number of anilines is 2. The Morgan fingerprint density at radius 2 is 2.20 bits per heavy atom. The Morgan fingerprint density at radius 3 is 2.94 bits per heavy atom. The summed E-state index contributed by atoms with van der Waals surface area (Å²) < 4.78 is 23.3. The number of amides is 2. The fourth-order valence-electron chi connectivity index (χ4n) is 4.11. The highest BCUT2D eigenvalue weighted by atomic mass is 32.1. The highest BCUT2D eigenvalue weighted by Gasteiger charge is 2.25. The van der Waals surface area contributed by atoms with E-state index in [1.54, 1.807) is 24.6 Å². The number of carbonyl (C=O) groups is 2. The number of benzene rings is 1. The fourth-order valence-corrected chi connectivity index (χ4v) is 4.96. The number of aromatic nitrogens is 1. The second-order valence-corrected chi connectivity index (χ2v) is 9.52. The number of carbonyl (C=O) groups excluding carboxylic acids is 2. The van der Waals surface area contributed by atoms with Crippen molar-refractivity contribution >= 4 is 34.0 Å². The van der Waals surface area contributed by atoms with Crippen molar-refractivity contribution in [1.82, 2.24) is 15.6 Å². The van der Waals surface area contributed by atoms with E-state index in [-0.39, 0.29) is 36.9 Å². The van der Waals surface area contributed by atoms with E-state index >= 15 is 0 Å². The maximum Gasteiger partial charge on any atom is 0.275 e. The van der Waals surface area contributed by atoms with Gasteiger partial charge in [-0.3, -0.25) is 14.0 Å². The lowest BCUT2D eigenvalue weighted by molar-refractivity contribution is 0.0953. The molecule has 1 aromatic heterocycles. The van der Waals surface area contributed by atoms with Gasteiger partial charge in [0, 0.05) is 51.3 Å². The zero-order valence-electron chi connectivity index (χ0n) is 19.8. The van der Waals surface area contributed by atoms with E-state index in [4.69, 9.17) is 9.47 Å². The Bertz CT molecular complexity index is 1010. The molecule has 0 unspecified atom stereocenters. The number of rotatable bonds is 11. The molecule has 0 spiro atoms. The molecule has 0 bridgehead atoms. The first-order valence-corrected chi connectivity index (χ1v) is 12.8. The van der Waals surface area contributed by atoms with Gasteiger partial charge < -0.3 is 30.3 Å². The van der Waals surface area contributed by atoms with Crippen LogP contribution in [0.4, 0.5) is 15.2 Å². The van der Waals surface area contributed by atoms with E-state index in [0.29, 0.717) is 30.1 Å². The number of nitrogens with zero attached hydrogens (tertiary/aromatic N) is 2. The third-order valence-electron chi connectivity index (χ3n) is 6.17. The first-order valence-electron chi connectivity index (χ1n) is 11.9. The molecule has 190 valence electrons. The molecule has 2 aromatic rings. The van der Waals surface area contributed by atoms with Gasteiger partial charge in [-0.1, -0.05) is 6.07 Å². The molecule has 2 amide bonds. The van der Waals surface area contributed by atoms with Gasteiger partial charge in [-0.15, -0.1) is 11.3 Å². The van der Waals surface area contributed by atoms with Gasteiger partial charge in [-0.25, -0.2) is 4.98 Å². The molecule has 11 heteroatoms. The lowest BCUT2D eigenvalue weighted by Crippen LogP contribution is -2.29. The molecule has 2 atom stereocenters. The van der Waals surface area contributed by atoms with E-state index < -0.39 is 6.67 Å². The summed E-state index contributed by atoms with van der Waals surface area (Å²) in [5, 5.41) is 11.5. The molecule has 2 saturated heterocycles. The number of hydrogen-bond acceptors (Lipinski definition) is 8. The van der Waals surface area contributed by atoms with Crippen LogP contribution in [0.15, 0.2) is 23.6 Å². The molecule has 2 aliphatic heterocycles. The van der Waals surface area contributed by atoms with Gasteiger partial charge in [0.25, 0.3) is 11.8 Å². The average Bonchev–Trinajstić information content (AvgIpc) is 3.65. The molecule has 3 N–H and O–H groups in total. The first kappa shape index (κ1) is 25.5. The normalized spacial score (nSPS) is 19.8. The molecule has 0 saturated carbocycles. The highest BCUT2D eigenvalue weighted by molar-refractivity contribution is 7.14. The Kier molecular flexibility index (Phi) is 9.02. The number of ether oxygens (including phenoxy) is 2. The van der Waals surface area contributed by atoms with Crippen molar-refractivity contribution in [2.45, 2.75) is 38.0 Å². The molecular formula is C24H32FN5O4S. The smallest absolute Gasteiger partial charge is 0.275 e. The van der Waals surface area contributed by atoms with Crippen molar-refractivity contribution < 1.29 is 23.5 Å². The van der Waals surface area contributed by atoms with Gasteiger partial charge in [0.1, 0.15) is 5.69 Å². The topological polar surface area (TPSA) is 105 Å². The Balaban J connectivity index is 1.45. The summed E-state index contributed by atoms with van der Waals surface area (Å²) in [6, 6.07) is 5.63. The molecule has 2 fully saturated rings. The standard InChI is InChI=1S/C24H32FN5O4S/c1-33-18-5-9-30(13-18)24-29-21(15-35-24)23(32)28-20-4-3-16(12-27-17-6-10-34-14-17)11-19(20)22(31)26-8-2-7-25/h3-4,11,15,17-18,27H,2,5-10,12-14H2,1H3,(H,26,31)(H,28,32)/t17-,18-/m0/s1. The van der Waals surface area contributed by atoms with Crippen molar-refractivity contribution in [2.24, 2.45) is 0 Å². The second-order valence-electron chi connectivity index (χ2n) is 8.68. The Morgan fingerprint density at radius 1 is 1.31 bits per heavy atom. The molecular weight excluding hydrogens is 473 g/mol. The van der Waals surface area contributed by atoms with Crippen LogP contribution in [0.25, 0.3) is 0 Å². The Hall–Kier alpha value is -2.60. The number of alkyl halides is 1. The van der Waals surface area contributed by atoms with E-state index in [1.165, 1.54) is 11.3 Å². The van der Waals surface area contributed by atoms with E-state index in [2.05, 4.69) is 25.8 Å². The third kappa shape index (κ3) is 6.75. The molecule has 2 aliphatic rings. The SMILES string of the molecule is CO[C@H]1CCN(c2nc(C(=O)Nc3ccc(CN[C@H]4CCOC4)cc3C(=O)NCCCF)cs2)C1. The molecule has 1 aromatic carbocycles. The number of methoxy groups -OCH3 is 1. The number of nitrogens with one attached hydrogen (secondary N) is 3. The number of halogens is 1. The minimum Gasteiger partial charge on any atom is -0.380 e. The number of thiazole rings is 1. The summed E-state index contributed by atoms with van der Waals surface area (Å²) in [6.45, 7) is 3.28. The summed E-state index contributed by atoms with van der Waals surface area (Å²) in [5.41, 5.74) is 1.91. The van der Waals surface area contributed by atoms with Gasteiger partial charge in [0.05, 0.1) is 30.6 Å². The van der Waals surface area contributed by atoms with Crippen LogP contribution in [0.2, 0.25) is 0 Å². The van der Waals surface area contributed by atoms with Gasteiger partial charge in [0.2, 0.25) is 0 Å². The largest absolute Gasteiger partial charge is 0.380 e. The molecule has 4 rings (SSSR count). The second kappa shape index (κ2) is 12.4. The summed E-state index contributed by atoms with van der Waals surface area (Å²) in [7, 11) is 1.70. The van der Waals surface area contributed by atoms with Crippen molar-refractivity contribution in [3.05, 3.63) is 40.4 Å². The van der Waals surface area contributed by atoms with E-state index in [1.807, 2.05) is 6.07 Å². The van der Waals surface area contributed by atoms with Gasteiger partial charge in [-0.05, 0) is 37.0 Å². The number of hydrogen-bond donors (Lipinski definition) is 3. The van der Waals surface area contributed by atoms with Gasteiger partial charge in [-0.2, -0.15) is 0 Å². The van der Waals surface area contributed by atoms with Crippen LogP contribution in [0, 0.1) is 0 Å². The quantitative estimate of drug-likeness (QED) is 0.403. The summed E-state index contributed by atoms with van der Waals surface area (Å²) in [5.74, 6) is -0.747. The van der Waals surface area contributed by atoms with Gasteiger partial charge >= 0.3 is 0 Å². The highest BCUT2D eigenvalue weighted by Crippen LogP contribution is 2.26. The van der Waals surface area contributed by atoms with Crippen LogP contribution in [0.3, 0.4) is 0 Å². The lowest BCUT2D eigenvalue weighted by atomic mass is 10.1. The minimum absolute atomic E-state index is 0.170. The van der Waals surface area contributed by atoms with E-state index in [9.17, 15) is 14.0 Å². The molecule has 9 nitrogen and oxygen atoms in total. The zero-order valence-corrected chi connectivity index (χ0v) is 20.7. The van der Waals surface area contributed by atoms with Crippen LogP contribution >= 0.6 is 11.3 Å². The molecule has 35 heavy (non-hydrogen) atoms. The average molecular weight is 506 g/mol. The van der Waals surface area contributed by atoms with Crippen LogP contribution in [0.1, 0.15) is 45.7 Å². The Labute approximate surface area is 208 Å². The van der Waals surface area contributed by atoms with Crippen LogP contribution < -0.4 is 20.9 Å². The van der Waals surface area contributed by atoms with Gasteiger partial charge in [0.15, 0.2) is 5.13 Å². The summed E-state index contributed by atoms with van der Waals surface area (Å²) in [4.78, 5) is 32.4. The maximum atomic E-state index is 13.0. The van der Waals surface area contributed by atoms with Crippen LogP contribution in [-0.4, -0.2) is 75.6 Å². The predicted octanol–water partition coefficient (Wildman–Crippen LogP) is 2.59. The van der Waals surface area contributed by atoms with Crippen LogP contribution in [-0.2, 0) is 16.0 Å². The molecule has 3 heterocycles. The van der Waals surface area contributed by atoms with Crippen molar-refractivity contribution in [2.75, 3.05) is 56.8 Å². The van der Waals surface area contributed by atoms with Crippen molar-refractivity contribution in [1.29, 1.82) is 0 Å². The van der Waals surface area contributed by atoms with Crippen LogP contribution in [0.5, 0.6) is 0 Å².